The fraction of sp³-hybridized carbons (Fsp3) is 0.474. The van der Waals surface area contributed by atoms with Crippen molar-refractivity contribution in [2.45, 2.75) is 44.8 Å². The van der Waals surface area contributed by atoms with Crippen LogP contribution in [-0.2, 0) is 24.3 Å². The summed E-state index contributed by atoms with van der Waals surface area (Å²) in [5, 5.41) is 7.48. The zero-order chi connectivity index (χ0) is 19.7. The molecule has 2 aliphatic rings. The number of ether oxygens (including phenoxy) is 1. The Kier molecular flexibility index (Phi) is 5.01. The number of alkyl halides is 3. The number of piperazine rings is 1. The van der Waals surface area contributed by atoms with Crippen molar-refractivity contribution < 1.29 is 22.7 Å². The van der Waals surface area contributed by atoms with Gasteiger partial charge >= 0.3 is 6.36 Å². The molecule has 0 aliphatic carbocycles. The highest BCUT2D eigenvalue weighted by Gasteiger charge is 2.33. The van der Waals surface area contributed by atoms with Crippen molar-refractivity contribution in [3.05, 3.63) is 47.3 Å². The lowest BCUT2D eigenvalue weighted by Gasteiger charge is -2.34. The van der Waals surface area contributed by atoms with Crippen LogP contribution < -0.4 is 10.1 Å². The number of aromatic nitrogens is 2. The molecule has 1 fully saturated rings. The van der Waals surface area contributed by atoms with Crippen LogP contribution in [0.25, 0.3) is 0 Å². The van der Waals surface area contributed by atoms with Gasteiger partial charge in [0, 0.05) is 31.9 Å². The first-order chi connectivity index (χ1) is 13.4. The molecule has 1 unspecified atom stereocenters. The molecule has 1 aromatic carbocycles. The molecule has 4 rings (SSSR count). The first-order valence-electron chi connectivity index (χ1n) is 9.32. The minimum Gasteiger partial charge on any atom is -0.406 e. The maximum atomic E-state index is 12.5. The Labute approximate surface area is 160 Å². The van der Waals surface area contributed by atoms with E-state index in [-0.39, 0.29) is 11.7 Å². The van der Waals surface area contributed by atoms with E-state index in [1.165, 1.54) is 30.0 Å². The van der Waals surface area contributed by atoms with Gasteiger partial charge in [-0.1, -0.05) is 12.1 Å². The molecule has 0 saturated carbocycles. The molecule has 2 aromatic rings. The minimum atomic E-state index is -4.74. The van der Waals surface area contributed by atoms with Crippen LogP contribution in [-0.4, -0.2) is 40.0 Å². The predicted octanol–water partition coefficient (Wildman–Crippen LogP) is 2.79. The van der Waals surface area contributed by atoms with Gasteiger partial charge in [-0.05, 0) is 43.0 Å². The standard InChI is InChI=1S/C19H21F3N4O2/c20-19(21,22)28-16-6-4-13(5-7-16)17-18(27)23-8-10-25(17)12-14-11-15-3-1-2-9-26(15)24-14/h4-7,11,17H,1-3,8-10,12H2,(H,23,27). The van der Waals surface area contributed by atoms with Gasteiger partial charge in [0.05, 0.1) is 5.69 Å². The van der Waals surface area contributed by atoms with Crippen LogP contribution in [0, 0.1) is 0 Å². The summed E-state index contributed by atoms with van der Waals surface area (Å²) >= 11 is 0. The van der Waals surface area contributed by atoms with E-state index in [0.717, 1.165) is 31.5 Å². The number of nitrogens with one attached hydrogen (secondary N) is 1. The van der Waals surface area contributed by atoms with Gasteiger partial charge in [0.15, 0.2) is 0 Å². The third-order valence-corrected chi connectivity index (χ3v) is 5.07. The van der Waals surface area contributed by atoms with Gasteiger partial charge in [-0.3, -0.25) is 14.4 Å². The smallest absolute Gasteiger partial charge is 0.406 e. The van der Waals surface area contributed by atoms with Crippen LogP contribution in [0.5, 0.6) is 5.75 Å². The van der Waals surface area contributed by atoms with Gasteiger partial charge in [-0.25, -0.2) is 0 Å². The summed E-state index contributed by atoms with van der Waals surface area (Å²) in [4.78, 5) is 14.5. The van der Waals surface area contributed by atoms with E-state index in [1.807, 2.05) is 9.58 Å². The van der Waals surface area contributed by atoms with Crippen molar-refractivity contribution in [2.75, 3.05) is 13.1 Å². The molecular formula is C19H21F3N4O2. The summed E-state index contributed by atoms with van der Waals surface area (Å²) in [5.74, 6) is -0.472. The number of amides is 1. The second-order valence-corrected chi connectivity index (χ2v) is 7.09. The Bertz CT molecular complexity index is 824. The molecule has 1 N–H and O–H groups in total. The Morgan fingerprint density at radius 1 is 1.18 bits per heavy atom. The van der Waals surface area contributed by atoms with Crippen LogP contribution in [0.2, 0.25) is 0 Å². The molecule has 2 aliphatic heterocycles. The number of halogens is 3. The summed E-state index contributed by atoms with van der Waals surface area (Å²) in [5.41, 5.74) is 2.75. The Morgan fingerprint density at radius 3 is 2.68 bits per heavy atom. The maximum Gasteiger partial charge on any atom is 0.573 e. The Hall–Kier alpha value is -2.55. The number of carbonyl (C=O) groups excluding carboxylic acids is 1. The molecule has 9 heteroatoms. The van der Waals surface area contributed by atoms with Crippen molar-refractivity contribution in [1.29, 1.82) is 0 Å². The summed E-state index contributed by atoms with van der Waals surface area (Å²) in [6, 6.07) is 6.98. The molecule has 0 spiro atoms. The molecule has 1 saturated heterocycles. The number of aryl methyl sites for hydroxylation is 2. The van der Waals surface area contributed by atoms with Crippen molar-refractivity contribution in [1.82, 2.24) is 20.0 Å². The van der Waals surface area contributed by atoms with Crippen LogP contribution in [0.1, 0.15) is 35.8 Å². The van der Waals surface area contributed by atoms with E-state index >= 15 is 0 Å². The lowest BCUT2D eigenvalue weighted by molar-refractivity contribution is -0.274. The van der Waals surface area contributed by atoms with Gasteiger partial charge in [-0.15, -0.1) is 13.2 Å². The van der Waals surface area contributed by atoms with Crippen LogP contribution >= 0.6 is 0 Å². The average Bonchev–Trinajstić information content (AvgIpc) is 3.04. The number of nitrogens with zero attached hydrogens (tertiary/aromatic N) is 3. The van der Waals surface area contributed by atoms with Crippen LogP contribution in [0.15, 0.2) is 30.3 Å². The lowest BCUT2D eigenvalue weighted by Crippen LogP contribution is -2.49. The largest absolute Gasteiger partial charge is 0.573 e. The first kappa shape index (κ1) is 18.8. The topological polar surface area (TPSA) is 59.4 Å². The second-order valence-electron chi connectivity index (χ2n) is 7.09. The van der Waals surface area contributed by atoms with E-state index in [9.17, 15) is 18.0 Å². The highest BCUT2D eigenvalue weighted by atomic mass is 19.4. The van der Waals surface area contributed by atoms with Gasteiger partial charge in [0.1, 0.15) is 11.8 Å². The SMILES string of the molecule is O=C1NCCN(Cc2cc3n(n2)CCCC3)C1c1ccc(OC(F)(F)F)cc1. The monoisotopic (exact) mass is 394 g/mol. The van der Waals surface area contributed by atoms with Gasteiger partial charge in [0.2, 0.25) is 5.91 Å². The Balaban J connectivity index is 1.53. The number of fused-ring (bicyclic) bond motifs is 1. The summed E-state index contributed by atoms with van der Waals surface area (Å²) in [7, 11) is 0. The van der Waals surface area contributed by atoms with E-state index in [2.05, 4.69) is 21.2 Å². The van der Waals surface area contributed by atoms with Crippen molar-refractivity contribution >= 4 is 5.91 Å². The molecule has 3 heterocycles. The van der Waals surface area contributed by atoms with Crippen LogP contribution in [0.4, 0.5) is 13.2 Å². The number of benzene rings is 1. The van der Waals surface area contributed by atoms with Gasteiger partial charge in [0.25, 0.3) is 0 Å². The fourth-order valence-electron chi connectivity index (χ4n) is 3.86. The number of rotatable bonds is 4. The van der Waals surface area contributed by atoms with E-state index in [0.29, 0.717) is 25.2 Å². The molecule has 28 heavy (non-hydrogen) atoms. The highest BCUT2D eigenvalue weighted by Crippen LogP contribution is 2.29. The average molecular weight is 394 g/mol. The highest BCUT2D eigenvalue weighted by molar-refractivity contribution is 5.84. The maximum absolute atomic E-state index is 12.5. The fourth-order valence-corrected chi connectivity index (χ4v) is 3.86. The Morgan fingerprint density at radius 2 is 1.96 bits per heavy atom. The molecular weight excluding hydrogens is 373 g/mol. The van der Waals surface area contributed by atoms with E-state index < -0.39 is 12.4 Å². The molecule has 150 valence electrons. The minimum absolute atomic E-state index is 0.167. The normalized spacial score (nSPS) is 20.5. The van der Waals surface area contributed by atoms with Crippen LogP contribution in [0.3, 0.4) is 0 Å². The summed E-state index contributed by atoms with van der Waals surface area (Å²) in [6.07, 6.45) is -1.45. The van der Waals surface area contributed by atoms with E-state index in [1.54, 1.807) is 0 Å². The number of hydrogen-bond acceptors (Lipinski definition) is 4. The quantitative estimate of drug-likeness (QED) is 0.867. The zero-order valence-corrected chi connectivity index (χ0v) is 15.2. The molecule has 1 amide bonds. The molecule has 1 atom stereocenters. The van der Waals surface area contributed by atoms with Gasteiger partial charge in [-0.2, -0.15) is 5.10 Å². The molecule has 0 radical (unpaired) electrons. The lowest BCUT2D eigenvalue weighted by atomic mass is 10.0. The molecule has 1 aromatic heterocycles. The summed E-state index contributed by atoms with van der Waals surface area (Å²) in [6.45, 7) is 2.59. The predicted molar refractivity (Wildman–Crippen MR) is 94.5 cm³/mol. The molecule has 6 nitrogen and oxygen atoms in total. The third-order valence-electron chi connectivity index (χ3n) is 5.07. The number of carbonyl (C=O) groups is 1. The zero-order valence-electron chi connectivity index (χ0n) is 15.2. The molecule has 0 bridgehead atoms. The summed E-state index contributed by atoms with van der Waals surface area (Å²) < 4.78 is 43.0. The van der Waals surface area contributed by atoms with Crippen molar-refractivity contribution in [3.63, 3.8) is 0 Å². The number of hydrogen-bond donors (Lipinski definition) is 1. The van der Waals surface area contributed by atoms with E-state index in [4.69, 9.17) is 0 Å². The van der Waals surface area contributed by atoms with Crippen molar-refractivity contribution in [2.24, 2.45) is 0 Å². The van der Waals surface area contributed by atoms with Crippen molar-refractivity contribution in [3.8, 4) is 5.75 Å². The first-order valence-corrected chi connectivity index (χ1v) is 9.32. The third kappa shape index (κ3) is 4.14. The van der Waals surface area contributed by atoms with Gasteiger partial charge < -0.3 is 10.1 Å². The second kappa shape index (κ2) is 7.46.